The summed E-state index contributed by atoms with van der Waals surface area (Å²) in [5.74, 6) is 0.0698. The van der Waals surface area contributed by atoms with Crippen molar-refractivity contribution in [2.75, 3.05) is 19.0 Å². The third kappa shape index (κ3) is 5.94. The predicted molar refractivity (Wildman–Crippen MR) is 90.2 cm³/mol. The Labute approximate surface area is 139 Å². The normalized spacial score (nSPS) is 15.3. The number of carbonyl (C=O) groups is 1. The van der Waals surface area contributed by atoms with Crippen LogP contribution in [0.3, 0.4) is 0 Å². The molecule has 1 saturated heterocycles. The molecule has 22 heavy (non-hydrogen) atoms. The van der Waals surface area contributed by atoms with E-state index in [0.29, 0.717) is 18.8 Å². The zero-order valence-corrected chi connectivity index (χ0v) is 14.1. The Morgan fingerprint density at radius 1 is 1.23 bits per heavy atom. The van der Waals surface area contributed by atoms with Gasteiger partial charge in [0.2, 0.25) is 5.91 Å². The van der Waals surface area contributed by atoms with E-state index in [2.05, 4.69) is 22.8 Å². The van der Waals surface area contributed by atoms with Gasteiger partial charge in [-0.05, 0) is 49.4 Å². The Morgan fingerprint density at radius 3 is 2.59 bits per heavy atom. The zero-order chi connectivity index (χ0) is 15.1. The summed E-state index contributed by atoms with van der Waals surface area (Å²) in [4.78, 5) is 11.6. The molecule has 0 unspecified atom stereocenters. The minimum Gasteiger partial charge on any atom is -0.342 e. The van der Waals surface area contributed by atoms with Gasteiger partial charge in [-0.15, -0.1) is 12.4 Å². The lowest BCUT2D eigenvalue weighted by atomic mass is 9.86. The third-order valence-corrected chi connectivity index (χ3v) is 4.28. The van der Waals surface area contributed by atoms with Crippen LogP contribution in [0.4, 0.5) is 0 Å². The predicted octanol–water partition coefficient (Wildman–Crippen LogP) is 1.19. The van der Waals surface area contributed by atoms with Crippen LogP contribution < -0.4 is 10.6 Å². The quantitative estimate of drug-likeness (QED) is 0.676. The van der Waals surface area contributed by atoms with Crippen molar-refractivity contribution in [3.8, 4) is 0 Å². The SMILES string of the molecule is Cl.O=C(CCc1ccccc1C1CCNCC1)NC[SH](=O)=O. The zero-order valence-electron chi connectivity index (χ0n) is 12.4. The molecule has 2 rings (SSSR count). The molecule has 1 aromatic rings. The minimum absolute atomic E-state index is 0. The van der Waals surface area contributed by atoms with Crippen LogP contribution >= 0.6 is 12.4 Å². The molecule has 7 heteroatoms. The van der Waals surface area contributed by atoms with Crippen molar-refractivity contribution in [2.24, 2.45) is 0 Å². The monoisotopic (exact) mass is 346 g/mol. The van der Waals surface area contributed by atoms with E-state index in [-0.39, 0.29) is 24.2 Å². The molecule has 1 aliphatic rings. The van der Waals surface area contributed by atoms with E-state index in [4.69, 9.17) is 0 Å². The number of piperidine rings is 1. The fraction of sp³-hybridized carbons (Fsp3) is 0.533. The van der Waals surface area contributed by atoms with Crippen molar-refractivity contribution < 1.29 is 13.2 Å². The number of amides is 1. The van der Waals surface area contributed by atoms with E-state index in [1.807, 2.05) is 12.1 Å². The number of benzene rings is 1. The number of carbonyl (C=O) groups excluding carboxylic acids is 1. The van der Waals surface area contributed by atoms with Crippen molar-refractivity contribution in [3.63, 3.8) is 0 Å². The van der Waals surface area contributed by atoms with Crippen LogP contribution in [-0.4, -0.2) is 33.3 Å². The highest BCUT2D eigenvalue weighted by Gasteiger charge is 2.18. The number of hydrogen-bond acceptors (Lipinski definition) is 4. The topological polar surface area (TPSA) is 75.3 Å². The molecule has 124 valence electrons. The fourth-order valence-electron chi connectivity index (χ4n) is 2.78. The molecule has 0 bridgehead atoms. The average molecular weight is 347 g/mol. The highest BCUT2D eigenvalue weighted by molar-refractivity contribution is 7.72. The Kier molecular flexibility index (Phi) is 8.45. The Hall–Kier alpha value is -1.11. The number of halogens is 1. The maximum atomic E-state index is 11.6. The largest absolute Gasteiger partial charge is 0.342 e. The van der Waals surface area contributed by atoms with Gasteiger partial charge in [0.15, 0.2) is 10.7 Å². The van der Waals surface area contributed by atoms with Gasteiger partial charge < -0.3 is 10.6 Å². The van der Waals surface area contributed by atoms with Gasteiger partial charge in [-0.1, -0.05) is 24.3 Å². The van der Waals surface area contributed by atoms with E-state index >= 15 is 0 Å². The van der Waals surface area contributed by atoms with E-state index in [9.17, 15) is 13.2 Å². The molecule has 0 atom stereocenters. The Balaban J connectivity index is 0.00000242. The molecule has 1 aromatic carbocycles. The van der Waals surface area contributed by atoms with E-state index in [1.165, 1.54) is 11.1 Å². The summed E-state index contributed by atoms with van der Waals surface area (Å²) in [6.45, 7) is 2.08. The molecular weight excluding hydrogens is 324 g/mol. The molecule has 1 heterocycles. The van der Waals surface area contributed by atoms with Crippen molar-refractivity contribution in [3.05, 3.63) is 35.4 Å². The first-order chi connectivity index (χ1) is 10.2. The van der Waals surface area contributed by atoms with Gasteiger partial charge in [-0.3, -0.25) is 4.79 Å². The van der Waals surface area contributed by atoms with Crippen molar-refractivity contribution >= 4 is 29.0 Å². The highest BCUT2D eigenvalue weighted by Crippen LogP contribution is 2.28. The molecule has 1 aliphatic heterocycles. The fourth-order valence-corrected chi connectivity index (χ4v) is 3.09. The first-order valence-electron chi connectivity index (χ1n) is 7.34. The summed E-state index contributed by atoms with van der Waals surface area (Å²) >= 11 is 0. The number of hydrogen-bond donors (Lipinski definition) is 3. The van der Waals surface area contributed by atoms with Crippen molar-refractivity contribution in [2.45, 2.75) is 31.6 Å². The van der Waals surface area contributed by atoms with Crippen LogP contribution in [0, 0.1) is 0 Å². The lowest BCUT2D eigenvalue weighted by Crippen LogP contribution is -2.27. The summed E-state index contributed by atoms with van der Waals surface area (Å²) in [7, 11) is -2.55. The number of nitrogens with one attached hydrogen (secondary N) is 2. The van der Waals surface area contributed by atoms with E-state index in [0.717, 1.165) is 25.9 Å². The Morgan fingerprint density at radius 2 is 1.91 bits per heavy atom. The first kappa shape index (κ1) is 18.9. The number of aryl methyl sites for hydroxylation is 1. The molecular formula is C15H23ClN2O3S. The average Bonchev–Trinajstić information content (AvgIpc) is 2.52. The maximum Gasteiger partial charge on any atom is 0.221 e. The van der Waals surface area contributed by atoms with Gasteiger partial charge in [-0.2, -0.15) is 0 Å². The summed E-state index contributed by atoms with van der Waals surface area (Å²) in [5.41, 5.74) is 2.53. The lowest BCUT2D eigenvalue weighted by Gasteiger charge is -2.25. The number of thiol groups is 1. The van der Waals surface area contributed by atoms with Gasteiger partial charge in [0.25, 0.3) is 0 Å². The van der Waals surface area contributed by atoms with Crippen LogP contribution in [0.1, 0.15) is 36.3 Å². The van der Waals surface area contributed by atoms with Crippen LogP contribution in [-0.2, 0) is 21.9 Å². The van der Waals surface area contributed by atoms with Crippen molar-refractivity contribution in [1.82, 2.24) is 10.6 Å². The second-order valence-electron chi connectivity index (χ2n) is 5.31. The smallest absolute Gasteiger partial charge is 0.221 e. The van der Waals surface area contributed by atoms with Gasteiger partial charge in [0.1, 0.15) is 5.88 Å². The van der Waals surface area contributed by atoms with E-state index < -0.39 is 10.7 Å². The molecule has 0 aliphatic carbocycles. The van der Waals surface area contributed by atoms with Crippen molar-refractivity contribution in [1.29, 1.82) is 0 Å². The summed E-state index contributed by atoms with van der Waals surface area (Å²) < 4.78 is 20.9. The second-order valence-corrected chi connectivity index (χ2v) is 6.30. The van der Waals surface area contributed by atoms with Crippen LogP contribution in [0.2, 0.25) is 0 Å². The minimum atomic E-state index is -2.55. The molecule has 5 nitrogen and oxygen atoms in total. The van der Waals surface area contributed by atoms with Gasteiger partial charge in [0, 0.05) is 6.42 Å². The molecule has 0 spiro atoms. The van der Waals surface area contributed by atoms with Gasteiger partial charge in [0.05, 0.1) is 0 Å². The third-order valence-electron chi connectivity index (χ3n) is 3.86. The van der Waals surface area contributed by atoms with Crippen LogP contribution in [0.15, 0.2) is 24.3 Å². The molecule has 0 radical (unpaired) electrons. The molecule has 1 fully saturated rings. The maximum absolute atomic E-state index is 11.6. The summed E-state index contributed by atoms with van der Waals surface area (Å²) in [6, 6.07) is 8.26. The highest BCUT2D eigenvalue weighted by atomic mass is 35.5. The molecule has 2 N–H and O–H groups in total. The first-order valence-corrected chi connectivity index (χ1v) is 8.70. The summed E-state index contributed by atoms with van der Waals surface area (Å²) in [6.07, 6.45) is 3.23. The second kappa shape index (κ2) is 9.82. The van der Waals surface area contributed by atoms with Crippen LogP contribution in [0.25, 0.3) is 0 Å². The summed E-state index contributed by atoms with van der Waals surface area (Å²) in [5, 5.41) is 5.77. The van der Waals surface area contributed by atoms with E-state index in [1.54, 1.807) is 0 Å². The standard InChI is InChI=1S/C15H22N2O3S.ClH/c18-15(17-11-21(19)20)6-5-12-3-1-2-4-14(12)13-7-9-16-10-8-13;/h1-4,13,16,21H,5-11H2,(H,17,18);1H. The van der Waals surface area contributed by atoms with Gasteiger partial charge >= 0.3 is 0 Å². The number of rotatable bonds is 6. The Bertz CT molecular complexity index is 549. The molecule has 0 saturated carbocycles. The molecule has 1 amide bonds. The lowest BCUT2D eigenvalue weighted by molar-refractivity contribution is -0.120. The van der Waals surface area contributed by atoms with Crippen LogP contribution in [0.5, 0.6) is 0 Å². The molecule has 0 aromatic heterocycles. The van der Waals surface area contributed by atoms with Gasteiger partial charge in [-0.25, -0.2) is 8.42 Å².